The number of fused-ring (bicyclic) bond motifs is 1. The Morgan fingerprint density at radius 3 is 2.26 bits per heavy atom. The van der Waals surface area contributed by atoms with Crippen LogP contribution in [0.4, 0.5) is 5.82 Å². The third-order valence-corrected chi connectivity index (χ3v) is 9.25. The van der Waals surface area contributed by atoms with E-state index in [1.807, 2.05) is 30.0 Å². The highest BCUT2D eigenvalue weighted by molar-refractivity contribution is 7.12. The molecule has 1 aliphatic heterocycles. The standard InChI is InChI=1S/C30H35N5O3S/c1-29(2,3)28-33-25-22(36)16-30(17-23(25)39-28)10-12-35(13-11-30)27(38)20-14-21(32-24(15-20)34(4)5)18-6-8-19(9-7-18)26(31)37/h6-9,14-15H,10-13,16-17H2,1-5H3,(H2,31,37). The van der Waals surface area contributed by atoms with Gasteiger partial charge in [0.15, 0.2) is 5.78 Å². The second kappa shape index (κ2) is 9.86. The summed E-state index contributed by atoms with van der Waals surface area (Å²) in [6.07, 6.45) is 2.94. The Hall–Kier alpha value is -3.59. The third-order valence-electron chi connectivity index (χ3n) is 7.77. The predicted octanol–water partition coefficient (Wildman–Crippen LogP) is 4.72. The number of rotatable bonds is 4. The summed E-state index contributed by atoms with van der Waals surface area (Å²) in [5.41, 5.74) is 8.29. The van der Waals surface area contributed by atoms with Crippen LogP contribution < -0.4 is 10.6 Å². The maximum atomic E-state index is 13.7. The van der Waals surface area contributed by atoms with Crippen molar-refractivity contribution in [3.63, 3.8) is 0 Å². The number of hydrogen-bond acceptors (Lipinski definition) is 7. The second-order valence-corrected chi connectivity index (χ2v) is 13.1. The van der Waals surface area contributed by atoms with E-state index in [1.54, 1.807) is 41.7 Å². The number of ketones is 1. The number of Topliss-reactive ketones (excluding diaryl/α,β-unsaturated/α-hetero) is 1. The fourth-order valence-corrected chi connectivity index (χ4v) is 6.69. The van der Waals surface area contributed by atoms with Gasteiger partial charge in [-0.15, -0.1) is 11.3 Å². The summed E-state index contributed by atoms with van der Waals surface area (Å²) in [6, 6.07) is 10.5. The minimum absolute atomic E-state index is 0.0407. The number of thiazole rings is 1. The molecule has 2 aliphatic rings. The highest BCUT2D eigenvalue weighted by Gasteiger charge is 2.44. The van der Waals surface area contributed by atoms with Crippen LogP contribution in [0.2, 0.25) is 0 Å². The number of primary amides is 1. The first-order valence-corrected chi connectivity index (χ1v) is 14.1. The van der Waals surface area contributed by atoms with Gasteiger partial charge >= 0.3 is 0 Å². The lowest BCUT2D eigenvalue weighted by Gasteiger charge is -2.43. The Morgan fingerprint density at radius 2 is 1.67 bits per heavy atom. The SMILES string of the molecule is CN(C)c1cc(C(=O)N2CCC3(CC2)CC(=O)c2nc(C(C)(C)C)sc2C3)cc(-c2ccc(C(N)=O)cc2)n1. The molecular weight excluding hydrogens is 510 g/mol. The number of pyridine rings is 1. The van der Waals surface area contributed by atoms with Crippen LogP contribution in [0, 0.1) is 5.41 Å². The van der Waals surface area contributed by atoms with Gasteiger partial charge in [0.05, 0.1) is 10.7 Å². The maximum absolute atomic E-state index is 13.7. The predicted molar refractivity (Wildman–Crippen MR) is 154 cm³/mol. The average Bonchev–Trinajstić information content (AvgIpc) is 3.34. The summed E-state index contributed by atoms with van der Waals surface area (Å²) in [4.78, 5) is 52.6. The van der Waals surface area contributed by atoms with Crippen LogP contribution in [0.15, 0.2) is 36.4 Å². The highest BCUT2D eigenvalue weighted by Crippen LogP contribution is 2.46. The third kappa shape index (κ3) is 5.32. The number of likely N-dealkylation sites (tertiary alicyclic amines) is 1. The molecule has 1 saturated heterocycles. The number of amides is 2. The summed E-state index contributed by atoms with van der Waals surface area (Å²) < 4.78 is 0. The van der Waals surface area contributed by atoms with E-state index in [4.69, 9.17) is 15.7 Å². The van der Waals surface area contributed by atoms with E-state index in [9.17, 15) is 14.4 Å². The minimum atomic E-state index is -0.490. The number of piperidine rings is 1. The van der Waals surface area contributed by atoms with Crippen LogP contribution in [0.5, 0.6) is 0 Å². The smallest absolute Gasteiger partial charge is 0.254 e. The number of carbonyl (C=O) groups is 3. The Labute approximate surface area is 233 Å². The van der Waals surface area contributed by atoms with Gasteiger partial charge in [-0.25, -0.2) is 9.97 Å². The second-order valence-electron chi connectivity index (χ2n) is 12.0. The maximum Gasteiger partial charge on any atom is 0.254 e. The van der Waals surface area contributed by atoms with E-state index in [2.05, 4.69) is 20.8 Å². The average molecular weight is 546 g/mol. The van der Waals surface area contributed by atoms with Gasteiger partial charge in [0.1, 0.15) is 11.5 Å². The van der Waals surface area contributed by atoms with Gasteiger partial charge in [-0.05, 0) is 48.9 Å². The van der Waals surface area contributed by atoms with Gasteiger partial charge in [-0.2, -0.15) is 0 Å². The van der Waals surface area contributed by atoms with E-state index in [1.165, 1.54) is 0 Å². The highest BCUT2D eigenvalue weighted by atomic mass is 32.1. The van der Waals surface area contributed by atoms with Crippen LogP contribution in [-0.2, 0) is 11.8 Å². The molecule has 0 radical (unpaired) electrons. The van der Waals surface area contributed by atoms with Crippen molar-refractivity contribution >= 4 is 34.8 Å². The Morgan fingerprint density at radius 1 is 1.00 bits per heavy atom. The lowest BCUT2D eigenvalue weighted by atomic mass is 9.68. The number of benzene rings is 1. The monoisotopic (exact) mass is 545 g/mol. The summed E-state index contributed by atoms with van der Waals surface area (Å²) in [6.45, 7) is 7.60. The zero-order chi connectivity index (χ0) is 28.1. The summed E-state index contributed by atoms with van der Waals surface area (Å²) >= 11 is 1.67. The molecular formula is C30H35N5O3S. The first-order chi connectivity index (χ1) is 18.3. The molecule has 2 aromatic heterocycles. The molecule has 5 rings (SSSR count). The van der Waals surface area contributed by atoms with Crippen molar-refractivity contribution in [3.05, 3.63) is 63.1 Å². The van der Waals surface area contributed by atoms with E-state index < -0.39 is 5.91 Å². The van der Waals surface area contributed by atoms with E-state index in [0.717, 1.165) is 34.7 Å². The molecule has 3 heterocycles. The Balaban J connectivity index is 1.35. The van der Waals surface area contributed by atoms with Crippen LogP contribution in [0.3, 0.4) is 0 Å². The lowest BCUT2D eigenvalue weighted by molar-refractivity contribution is 0.0521. The molecule has 0 unspecified atom stereocenters. The number of nitrogens with two attached hydrogens (primary N) is 1. The molecule has 0 saturated carbocycles. The van der Waals surface area contributed by atoms with Crippen LogP contribution in [0.25, 0.3) is 11.3 Å². The van der Waals surface area contributed by atoms with Crippen molar-refractivity contribution < 1.29 is 14.4 Å². The summed E-state index contributed by atoms with van der Waals surface area (Å²) in [5, 5.41) is 1.01. The van der Waals surface area contributed by atoms with Gasteiger partial charge in [-0.3, -0.25) is 14.4 Å². The molecule has 8 nitrogen and oxygen atoms in total. The van der Waals surface area contributed by atoms with Gasteiger partial charge in [0.25, 0.3) is 5.91 Å². The Kier molecular flexibility index (Phi) is 6.83. The van der Waals surface area contributed by atoms with Gasteiger partial charge < -0.3 is 15.5 Å². The topological polar surface area (TPSA) is 109 Å². The first kappa shape index (κ1) is 27.0. The minimum Gasteiger partial charge on any atom is -0.366 e. The summed E-state index contributed by atoms with van der Waals surface area (Å²) in [7, 11) is 3.78. The van der Waals surface area contributed by atoms with Crippen molar-refractivity contribution in [2.24, 2.45) is 11.1 Å². The van der Waals surface area contributed by atoms with E-state index in [-0.39, 0.29) is 22.5 Å². The van der Waals surface area contributed by atoms with Crippen LogP contribution >= 0.6 is 11.3 Å². The number of aromatic nitrogens is 2. The summed E-state index contributed by atoms with van der Waals surface area (Å²) in [5.74, 6) is 0.283. The number of anilines is 1. The van der Waals surface area contributed by atoms with Crippen molar-refractivity contribution in [1.82, 2.24) is 14.9 Å². The van der Waals surface area contributed by atoms with Crippen molar-refractivity contribution in [2.75, 3.05) is 32.1 Å². The molecule has 1 fully saturated rings. The molecule has 1 aliphatic carbocycles. The van der Waals surface area contributed by atoms with E-state index >= 15 is 0 Å². The van der Waals surface area contributed by atoms with Gasteiger partial charge in [-0.1, -0.05) is 32.9 Å². The molecule has 0 bridgehead atoms. The largest absolute Gasteiger partial charge is 0.366 e. The molecule has 0 atom stereocenters. The molecule has 1 aromatic carbocycles. The molecule has 9 heteroatoms. The quantitative estimate of drug-likeness (QED) is 0.508. The molecule has 39 heavy (non-hydrogen) atoms. The molecule has 3 aromatic rings. The molecule has 204 valence electrons. The zero-order valence-corrected chi connectivity index (χ0v) is 24.0. The molecule has 1 spiro atoms. The van der Waals surface area contributed by atoms with Gasteiger partial charge in [0, 0.05) is 60.6 Å². The Bertz CT molecular complexity index is 1440. The number of nitrogens with zero attached hydrogens (tertiary/aromatic N) is 4. The number of hydrogen-bond donors (Lipinski definition) is 1. The zero-order valence-electron chi connectivity index (χ0n) is 23.2. The first-order valence-electron chi connectivity index (χ1n) is 13.3. The van der Waals surface area contributed by atoms with Crippen molar-refractivity contribution in [2.45, 2.75) is 51.9 Å². The fourth-order valence-electron chi connectivity index (χ4n) is 5.38. The van der Waals surface area contributed by atoms with E-state index in [0.29, 0.717) is 47.8 Å². The fraction of sp³-hybridized carbons (Fsp3) is 0.433. The number of carbonyl (C=O) groups excluding carboxylic acids is 3. The normalized spacial score (nSPS) is 16.7. The lowest BCUT2D eigenvalue weighted by Crippen LogP contribution is -2.46. The van der Waals surface area contributed by atoms with Crippen molar-refractivity contribution in [1.29, 1.82) is 0 Å². The van der Waals surface area contributed by atoms with Crippen LogP contribution in [-0.4, -0.2) is 59.7 Å². The molecule has 2 N–H and O–H groups in total. The molecule has 2 amide bonds. The van der Waals surface area contributed by atoms with Crippen LogP contribution in [0.1, 0.15) is 81.1 Å². The van der Waals surface area contributed by atoms with Crippen molar-refractivity contribution in [3.8, 4) is 11.3 Å². The van der Waals surface area contributed by atoms with Gasteiger partial charge in [0.2, 0.25) is 5.91 Å².